The van der Waals surface area contributed by atoms with Crippen LogP contribution in [0.5, 0.6) is 0 Å². The second kappa shape index (κ2) is 5.94. The van der Waals surface area contributed by atoms with Crippen molar-refractivity contribution < 1.29 is 17.9 Å². The Morgan fingerprint density at radius 3 is 2.76 bits per heavy atom. The van der Waals surface area contributed by atoms with Gasteiger partial charge in [0.1, 0.15) is 6.04 Å². The Morgan fingerprint density at radius 2 is 2.14 bits per heavy atom. The predicted molar refractivity (Wildman–Crippen MR) is 82.2 cm³/mol. The van der Waals surface area contributed by atoms with Gasteiger partial charge >= 0.3 is 5.97 Å². The predicted octanol–water partition coefficient (Wildman–Crippen LogP) is 1.67. The van der Waals surface area contributed by atoms with Crippen molar-refractivity contribution in [2.75, 3.05) is 19.4 Å². The first-order valence-electron chi connectivity index (χ1n) is 6.44. The molecule has 0 aliphatic carbocycles. The molecule has 0 radical (unpaired) electrons. The van der Waals surface area contributed by atoms with E-state index in [0.29, 0.717) is 35.1 Å². The van der Waals surface area contributed by atoms with Crippen LogP contribution in [0, 0.1) is 6.92 Å². The molecule has 21 heavy (non-hydrogen) atoms. The maximum atomic E-state index is 12.8. The number of carbonyl (C=O) groups is 1. The third kappa shape index (κ3) is 2.93. The van der Waals surface area contributed by atoms with Crippen molar-refractivity contribution in [1.29, 1.82) is 0 Å². The number of benzene rings is 1. The standard InChI is InChI=1S/C13H17BrN2O4S/c1-8-6-9(14)10(15)7-12(8)21(18,19)16-5-3-4-11(16)13(17)20-2/h6-7,11H,3-5,15H2,1-2H3. The maximum Gasteiger partial charge on any atom is 0.324 e. The Bertz CT molecular complexity index is 675. The van der Waals surface area contributed by atoms with Crippen molar-refractivity contribution in [3.63, 3.8) is 0 Å². The van der Waals surface area contributed by atoms with Crippen molar-refractivity contribution in [2.45, 2.75) is 30.7 Å². The van der Waals surface area contributed by atoms with Gasteiger partial charge in [-0.15, -0.1) is 0 Å². The smallest absolute Gasteiger partial charge is 0.324 e. The van der Waals surface area contributed by atoms with Crippen LogP contribution in [0.3, 0.4) is 0 Å². The monoisotopic (exact) mass is 376 g/mol. The largest absolute Gasteiger partial charge is 0.468 e. The van der Waals surface area contributed by atoms with Gasteiger partial charge in [0.05, 0.1) is 12.0 Å². The normalized spacial score (nSPS) is 19.7. The fourth-order valence-electron chi connectivity index (χ4n) is 2.47. The minimum atomic E-state index is -3.78. The molecule has 2 N–H and O–H groups in total. The van der Waals surface area contributed by atoms with Crippen molar-refractivity contribution in [1.82, 2.24) is 4.31 Å². The molecule has 8 heteroatoms. The summed E-state index contributed by atoms with van der Waals surface area (Å²) in [5, 5.41) is 0. The molecule has 1 aliphatic rings. The number of hydrogen-bond acceptors (Lipinski definition) is 5. The van der Waals surface area contributed by atoms with E-state index < -0.39 is 22.0 Å². The van der Waals surface area contributed by atoms with E-state index in [4.69, 9.17) is 10.5 Å². The van der Waals surface area contributed by atoms with E-state index in [1.807, 2.05) is 0 Å². The highest BCUT2D eigenvalue weighted by atomic mass is 79.9. The number of aryl methyl sites for hydroxylation is 1. The number of carbonyl (C=O) groups excluding carboxylic acids is 1. The Morgan fingerprint density at radius 1 is 1.48 bits per heavy atom. The number of halogens is 1. The number of hydrogen-bond donors (Lipinski definition) is 1. The first kappa shape index (κ1) is 16.3. The lowest BCUT2D eigenvalue weighted by atomic mass is 10.2. The second-order valence-corrected chi connectivity index (χ2v) is 7.65. The SMILES string of the molecule is COC(=O)C1CCCN1S(=O)(=O)c1cc(N)c(Br)cc1C. The number of rotatable bonds is 3. The van der Waals surface area contributed by atoms with Crippen LogP contribution < -0.4 is 5.73 Å². The molecule has 1 aromatic rings. The zero-order valence-electron chi connectivity index (χ0n) is 11.8. The number of nitrogen functional groups attached to an aromatic ring is 1. The Balaban J connectivity index is 2.47. The third-order valence-corrected chi connectivity index (χ3v) is 6.29. The van der Waals surface area contributed by atoms with Crippen LogP contribution in [0.1, 0.15) is 18.4 Å². The van der Waals surface area contributed by atoms with Crippen molar-refractivity contribution in [3.05, 3.63) is 22.2 Å². The molecule has 1 atom stereocenters. The molecule has 0 aromatic heterocycles. The lowest BCUT2D eigenvalue weighted by Gasteiger charge is -2.23. The van der Waals surface area contributed by atoms with Crippen LogP contribution >= 0.6 is 15.9 Å². The van der Waals surface area contributed by atoms with Crippen LogP contribution in [0.15, 0.2) is 21.5 Å². The van der Waals surface area contributed by atoms with E-state index in [1.54, 1.807) is 13.0 Å². The van der Waals surface area contributed by atoms with Gasteiger partial charge in [-0.1, -0.05) is 0 Å². The molecule has 2 rings (SSSR count). The maximum absolute atomic E-state index is 12.8. The highest BCUT2D eigenvalue weighted by molar-refractivity contribution is 9.10. The number of methoxy groups -OCH3 is 1. The molecule has 1 heterocycles. The van der Waals surface area contributed by atoms with Crippen molar-refractivity contribution >= 4 is 37.6 Å². The quantitative estimate of drug-likeness (QED) is 0.639. The lowest BCUT2D eigenvalue weighted by Crippen LogP contribution is -2.41. The molecule has 0 saturated carbocycles. The average Bonchev–Trinajstić information content (AvgIpc) is 2.91. The zero-order valence-corrected chi connectivity index (χ0v) is 14.2. The number of anilines is 1. The molecule has 0 bridgehead atoms. The van der Waals surface area contributed by atoms with Gasteiger partial charge in [-0.25, -0.2) is 8.42 Å². The second-order valence-electron chi connectivity index (χ2n) is 4.94. The van der Waals surface area contributed by atoms with Crippen LogP contribution in [-0.2, 0) is 19.6 Å². The summed E-state index contributed by atoms with van der Waals surface area (Å²) in [6.45, 7) is 2.00. The number of esters is 1. The lowest BCUT2D eigenvalue weighted by molar-refractivity contribution is -0.144. The highest BCUT2D eigenvalue weighted by Crippen LogP contribution is 2.32. The van der Waals surface area contributed by atoms with Crippen LogP contribution in [0.2, 0.25) is 0 Å². The number of ether oxygens (including phenoxy) is 1. The van der Waals surface area contributed by atoms with Crippen LogP contribution in [0.25, 0.3) is 0 Å². The summed E-state index contributed by atoms with van der Waals surface area (Å²) in [6.07, 6.45) is 1.10. The van der Waals surface area contributed by atoms with Crippen LogP contribution in [-0.4, -0.2) is 38.4 Å². The fourth-order valence-corrected chi connectivity index (χ4v) is 4.82. The van der Waals surface area contributed by atoms with Crippen molar-refractivity contribution in [2.24, 2.45) is 0 Å². The average molecular weight is 377 g/mol. The Labute approximate surface area is 132 Å². The minimum Gasteiger partial charge on any atom is -0.468 e. The van der Waals surface area contributed by atoms with Crippen LogP contribution in [0.4, 0.5) is 5.69 Å². The van der Waals surface area contributed by atoms with Gasteiger partial charge in [0, 0.05) is 16.7 Å². The Hall–Kier alpha value is -1.12. The summed E-state index contributed by atoms with van der Waals surface area (Å²) in [6, 6.07) is 2.32. The molecular formula is C13H17BrN2O4S. The number of sulfonamides is 1. The molecule has 1 unspecified atom stereocenters. The van der Waals surface area contributed by atoms with Gasteiger partial charge in [0.25, 0.3) is 0 Å². The molecule has 0 spiro atoms. The first-order valence-corrected chi connectivity index (χ1v) is 8.67. The van der Waals surface area contributed by atoms with E-state index in [9.17, 15) is 13.2 Å². The summed E-state index contributed by atoms with van der Waals surface area (Å²) in [7, 11) is -2.52. The molecule has 0 amide bonds. The summed E-state index contributed by atoms with van der Waals surface area (Å²) in [5.74, 6) is -0.529. The van der Waals surface area contributed by atoms with Gasteiger partial charge in [-0.2, -0.15) is 4.31 Å². The summed E-state index contributed by atoms with van der Waals surface area (Å²) >= 11 is 3.27. The molecule has 1 aliphatic heterocycles. The van der Waals surface area contributed by atoms with Crippen molar-refractivity contribution in [3.8, 4) is 0 Å². The highest BCUT2D eigenvalue weighted by Gasteiger charge is 2.40. The summed E-state index contributed by atoms with van der Waals surface area (Å²) in [4.78, 5) is 11.9. The topological polar surface area (TPSA) is 89.7 Å². The molecular weight excluding hydrogens is 360 g/mol. The third-order valence-electron chi connectivity index (χ3n) is 3.56. The zero-order chi connectivity index (χ0) is 15.8. The molecule has 1 fully saturated rings. The van der Waals surface area contributed by atoms with Gasteiger partial charge in [0.2, 0.25) is 10.0 Å². The molecule has 116 valence electrons. The summed E-state index contributed by atoms with van der Waals surface area (Å²) < 4.78 is 32.1. The number of nitrogens with zero attached hydrogens (tertiary/aromatic N) is 1. The van der Waals surface area contributed by atoms with Gasteiger partial charge in [-0.3, -0.25) is 4.79 Å². The van der Waals surface area contributed by atoms with Gasteiger partial charge in [-0.05, 0) is 53.4 Å². The summed E-state index contributed by atoms with van der Waals surface area (Å²) in [5.41, 5.74) is 6.70. The fraction of sp³-hybridized carbons (Fsp3) is 0.462. The van der Waals surface area contributed by atoms with E-state index in [-0.39, 0.29) is 4.90 Å². The van der Waals surface area contributed by atoms with E-state index in [2.05, 4.69) is 15.9 Å². The van der Waals surface area contributed by atoms with E-state index in [0.717, 1.165) is 0 Å². The van der Waals surface area contributed by atoms with Gasteiger partial charge < -0.3 is 10.5 Å². The minimum absolute atomic E-state index is 0.124. The van der Waals surface area contributed by atoms with Gasteiger partial charge in [0.15, 0.2) is 0 Å². The molecule has 1 saturated heterocycles. The number of nitrogens with two attached hydrogens (primary N) is 1. The first-order chi connectivity index (χ1) is 9.78. The van der Waals surface area contributed by atoms with E-state index >= 15 is 0 Å². The molecule has 6 nitrogen and oxygen atoms in total. The van der Waals surface area contributed by atoms with E-state index in [1.165, 1.54) is 17.5 Å². The molecule has 1 aromatic carbocycles. The Kier molecular flexibility index (Phi) is 4.60.